The van der Waals surface area contributed by atoms with Crippen LogP contribution < -0.4 is 0 Å². The van der Waals surface area contributed by atoms with Gasteiger partial charge < -0.3 is 0 Å². The van der Waals surface area contributed by atoms with Gasteiger partial charge in [-0.25, -0.2) is 0 Å². The molecule has 174 valence electrons. The van der Waals surface area contributed by atoms with Crippen molar-refractivity contribution in [1.82, 2.24) is 0 Å². The first-order chi connectivity index (χ1) is 14.3. The summed E-state index contributed by atoms with van der Waals surface area (Å²) in [5, 5.41) is 0. The van der Waals surface area contributed by atoms with Gasteiger partial charge in [0.2, 0.25) is 0 Å². The van der Waals surface area contributed by atoms with Crippen molar-refractivity contribution in [2.45, 2.75) is 167 Å². The van der Waals surface area contributed by atoms with E-state index < -0.39 is 0 Å². The smallest absolute Gasteiger partial charge is 0.0443 e. The van der Waals surface area contributed by atoms with Crippen molar-refractivity contribution < 1.29 is 0 Å². The van der Waals surface area contributed by atoms with Gasteiger partial charge in [0.05, 0.1) is 0 Å². The Labute approximate surface area is 187 Å². The fourth-order valence-electron chi connectivity index (χ4n) is 4.49. The molecule has 29 heavy (non-hydrogen) atoms. The van der Waals surface area contributed by atoms with Crippen LogP contribution in [0.25, 0.3) is 0 Å². The SMILES string of the molecule is [CH2]CCCCCCCCCCCCCC(C)CCCCCCCCCCCC[CH2]. The van der Waals surface area contributed by atoms with Gasteiger partial charge in [-0.3, -0.25) is 0 Å². The Morgan fingerprint density at radius 1 is 0.345 bits per heavy atom. The van der Waals surface area contributed by atoms with Crippen LogP contribution in [0.4, 0.5) is 0 Å². The van der Waals surface area contributed by atoms with E-state index >= 15 is 0 Å². The fraction of sp³-hybridized carbons (Fsp3) is 0.931. The minimum atomic E-state index is 0.960. The normalized spacial score (nSPS) is 12.5. The average Bonchev–Trinajstić information content (AvgIpc) is 2.72. The van der Waals surface area contributed by atoms with E-state index in [0.29, 0.717) is 0 Å². The molecule has 0 heterocycles. The maximum Gasteiger partial charge on any atom is -0.0443 e. The third-order valence-corrected chi connectivity index (χ3v) is 6.64. The Bertz CT molecular complexity index is 269. The summed E-state index contributed by atoms with van der Waals surface area (Å²) >= 11 is 0. The van der Waals surface area contributed by atoms with Gasteiger partial charge in [-0.1, -0.05) is 181 Å². The summed E-state index contributed by atoms with van der Waals surface area (Å²) in [5.74, 6) is 0.960. The first kappa shape index (κ1) is 29.0. The monoisotopic (exact) mass is 406 g/mol. The van der Waals surface area contributed by atoms with Crippen molar-refractivity contribution >= 4 is 0 Å². The lowest BCUT2D eigenvalue weighted by atomic mass is 9.95. The molecule has 0 aromatic carbocycles. The molecule has 0 N–H and O–H groups in total. The summed E-state index contributed by atoms with van der Waals surface area (Å²) in [7, 11) is 0. The van der Waals surface area contributed by atoms with Gasteiger partial charge in [0, 0.05) is 0 Å². The predicted molar refractivity (Wildman–Crippen MR) is 135 cm³/mol. The number of hydrogen-bond acceptors (Lipinski definition) is 0. The molecular weight excluding hydrogens is 348 g/mol. The second kappa shape index (κ2) is 26.0. The van der Waals surface area contributed by atoms with E-state index in [1.165, 1.54) is 148 Å². The van der Waals surface area contributed by atoms with Crippen LogP contribution in [0, 0.1) is 19.8 Å². The highest BCUT2D eigenvalue weighted by Gasteiger charge is 2.02. The first-order valence-corrected chi connectivity index (χ1v) is 13.9. The molecule has 1 atom stereocenters. The van der Waals surface area contributed by atoms with Crippen LogP contribution in [0.1, 0.15) is 167 Å². The van der Waals surface area contributed by atoms with Crippen molar-refractivity contribution in [2.24, 2.45) is 5.92 Å². The summed E-state index contributed by atoms with van der Waals surface area (Å²) in [6, 6.07) is 0. The van der Waals surface area contributed by atoms with Crippen molar-refractivity contribution in [1.29, 1.82) is 0 Å². The first-order valence-electron chi connectivity index (χ1n) is 13.9. The summed E-state index contributed by atoms with van der Waals surface area (Å²) < 4.78 is 0. The second-order valence-electron chi connectivity index (χ2n) is 9.81. The van der Waals surface area contributed by atoms with Gasteiger partial charge in [0.25, 0.3) is 0 Å². The van der Waals surface area contributed by atoms with E-state index in [2.05, 4.69) is 20.8 Å². The lowest BCUT2D eigenvalue weighted by Crippen LogP contribution is -1.95. The molecule has 0 bridgehead atoms. The van der Waals surface area contributed by atoms with E-state index in [1.54, 1.807) is 0 Å². The van der Waals surface area contributed by atoms with E-state index in [0.717, 1.165) is 18.8 Å². The van der Waals surface area contributed by atoms with Gasteiger partial charge in [-0.2, -0.15) is 0 Å². The van der Waals surface area contributed by atoms with Crippen molar-refractivity contribution in [3.05, 3.63) is 13.8 Å². The molecule has 0 aromatic rings. The van der Waals surface area contributed by atoms with Gasteiger partial charge in [-0.05, 0) is 5.92 Å². The van der Waals surface area contributed by atoms with Crippen LogP contribution >= 0.6 is 0 Å². The third-order valence-electron chi connectivity index (χ3n) is 6.64. The van der Waals surface area contributed by atoms with Gasteiger partial charge >= 0.3 is 0 Å². The minimum absolute atomic E-state index is 0.960. The van der Waals surface area contributed by atoms with Crippen LogP contribution in [-0.4, -0.2) is 0 Å². The fourth-order valence-corrected chi connectivity index (χ4v) is 4.49. The van der Waals surface area contributed by atoms with E-state index in [1.807, 2.05) is 0 Å². The molecule has 0 heteroatoms. The second-order valence-corrected chi connectivity index (χ2v) is 9.81. The predicted octanol–water partition coefficient (Wildman–Crippen LogP) is 11.0. The molecule has 0 aliphatic heterocycles. The van der Waals surface area contributed by atoms with E-state index in [4.69, 9.17) is 0 Å². The number of hydrogen-bond donors (Lipinski definition) is 0. The molecule has 0 aliphatic rings. The molecule has 0 aromatic heterocycles. The molecule has 2 radical (unpaired) electrons. The lowest BCUT2D eigenvalue weighted by Gasteiger charge is -2.11. The summed E-state index contributed by atoms with van der Waals surface area (Å²) in [6.45, 7) is 10.3. The summed E-state index contributed by atoms with van der Waals surface area (Å²) in [5.41, 5.74) is 0. The zero-order valence-corrected chi connectivity index (χ0v) is 20.7. The highest BCUT2D eigenvalue weighted by Crippen LogP contribution is 2.19. The van der Waals surface area contributed by atoms with Crippen molar-refractivity contribution in [2.75, 3.05) is 0 Å². The van der Waals surface area contributed by atoms with Crippen LogP contribution in [0.15, 0.2) is 0 Å². The largest absolute Gasteiger partial charge is 0.0625 e. The Morgan fingerprint density at radius 2 is 0.552 bits per heavy atom. The highest BCUT2D eigenvalue weighted by atomic mass is 14.1. The average molecular weight is 407 g/mol. The van der Waals surface area contributed by atoms with Crippen LogP contribution in [-0.2, 0) is 0 Å². The lowest BCUT2D eigenvalue weighted by molar-refractivity contribution is 0.429. The summed E-state index contributed by atoms with van der Waals surface area (Å²) in [4.78, 5) is 0. The molecule has 0 spiro atoms. The van der Waals surface area contributed by atoms with Gasteiger partial charge in [0.1, 0.15) is 0 Å². The zero-order valence-electron chi connectivity index (χ0n) is 20.7. The van der Waals surface area contributed by atoms with Gasteiger partial charge in [-0.15, -0.1) is 0 Å². The molecule has 0 fully saturated rings. The van der Waals surface area contributed by atoms with Crippen molar-refractivity contribution in [3.63, 3.8) is 0 Å². The molecule has 1 unspecified atom stereocenters. The van der Waals surface area contributed by atoms with Crippen molar-refractivity contribution in [3.8, 4) is 0 Å². The molecule has 0 amide bonds. The van der Waals surface area contributed by atoms with Crippen LogP contribution in [0.2, 0.25) is 0 Å². The van der Waals surface area contributed by atoms with E-state index in [-0.39, 0.29) is 0 Å². The molecule has 0 rings (SSSR count). The Hall–Kier alpha value is 0. The van der Waals surface area contributed by atoms with Crippen LogP contribution in [0.5, 0.6) is 0 Å². The standard InChI is InChI=1S/C29H58/c1-4-6-8-10-12-14-16-18-20-22-24-26-28-29(3)27-25-23-21-19-17-15-13-11-9-7-5-2/h29H,1-2,4-28H2,3H3. The number of unbranched alkanes of at least 4 members (excludes halogenated alkanes) is 21. The molecule has 0 saturated heterocycles. The third kappa shape index (κ3) is 26.0. The maximum absolute atomic E-state index is 3.92. The number of rotatable bonds is 25. The maximum atomic E-state index is 3.92. The quantitative estimate of drug-likeness (QED) is 0.132. The Balaban J connectivity index is 3.12. The summed E-state index contributed by atoms with van der Waals surface area (Å²) in [6.07, 6.45) is 35.6. The topological polar surface area (TPSA) is 0 Å². The van der Waals surface area contributed by atoms with Gasteiger partial charge in [0.15, 0.2) is 0 Å². The highest BCUT2D eigenvalue weighted by molar-refractivity contribution is 4.56. The molecular formula is C29H58. The van der Waals surface area contributed by atoms with Crippen LogP contribution in [0.3, 0.4) is 0 Å². The molecule has 0 nitrogen and oxygen atoms in total. The molecule has 0 aliphatic carbocycles. The zero-order chi connectivity index (χ0) is 21.3. The Morgan fingerprint density at radius 3 is 0.793 bits per heavy atom. The van der Waals surface area contributed by atoms with E-state index in [9.17, 15) is 0 Å². The minimum Gasteiger partial charge on any atom is -0.0625 e. The Kier molecular flexibility index (Phi) is 26.0. The molecule has 0 saturated carbocycles.